The number of nitrogen functional groups attached to an aromatic ring is 2. The van der Waals surface area contributed by atoms with Gasteiger partial charge in [0.05, 0.1) is 26.8 Å². The molecule has 1 aliphatic rings. The summed E-state index contributed by atoms with van der Waals surface area (Å²) in [4.78, 5) is 23.6. The van der Waals surface area contributed by atoms with Crippen LogP contribution in [0.1, 0.15) is 29.8 Å². The van der Waals surface area contributed by atoms with Gasteiger partial charge in [-0.25, -0.2) is 0 Å². The molecule has 2 amide bonds. The highest BCUT2D eigenvalue weighted by Gasteiger charge is 2.41. The second kappa shape index (κ2) is 3.46. The van der Waals surface area contributed by atoms with Crippen LogP contribution in [0.25, 0.3) is 0 Å². The van der Waals surface area contributed by atoms with Crippen LogP contribution in [0.5, 0.6) is 0 Å². The molecule has 0 saturated carbocycles. The van der Waals surface area contributed by atoms with Crippen molar-refractivity contribution in [3.8, 4) is 0 Å². The summed E-state index contributed by atoms with van der Waals surface area (Å²) in [5, 5.41) is 2.31. The lowest BCUT2D eigenvalue weighted by Gasteiger charge is -2.31. The number of carbonyl (C=O) groups is 2. The van der Waals surface area contributed by atoms with Crippen molar-refractivity contribution in [3.63, 3.8) is 0 Å². The molecule has 5 N–H and O–H groups in total. The number of carbonyl (C=O) groups excluding carboxylic acids is 2. The number of anilines is 2. The zero-order valence-electron chi connectivity index (χ0n) is 9.43. The minimum Gasteiger partial charge on any atom is -0.397 e. The topological polar surface area (TPSA) is 98.2 Å². The molecule has 2 rings (SSSR count). The van der Waals surface area contributed by atoms with Crippen LogP contribution in [-0.2, 0) is 10.2 Å². The average molecular weight is 298 g/mol. The zero-order chi connectivity index (χ0) is 13.0. The highest BCUT2D eigenvalue weighted by molar-refractivity contribution is 9.10. The van der Waals surface area contributed by atoms with Crippen LogP contribution in [0.4, 0.5) is 11.4 Å². The number of amides is 2. The summed E-state index contributed by atoms with van der Waals surface area (Å²) in [7, 11) is 0. The molecule has 5 nitrogen and oxygen atoms in total. The van der Waals surface area contributed by atoms with E-state index in [-0.39, 0.29) is 5.91 Å². The van der Waals surface area contributed by atoms with Crippen molar-refractivity contribution in [1.29, 1.82) is 0 Å². The summed E-state index contributed by atoms with van der Waals surface area (Å²) in [5.41, 5.74) is 12.3. The average Bonchev–Trinajstić information content (AvgIpc) is 2.23. The summed E-state index contributed by atoms with van der Waals surface area (Å²) < 4.78 is 0.436. The SMILES string of the molecule is CC1(C)C(=O)NC(=O)c2c1cc(N)c(N)c2Br. The maximum Gasteiger partial charge on any atom is 0.259 e. The van der Waals surface area contributed by atoms with Crippen molar-refractivity contribution >= 4 is 39.1 Å². The predicted octanol–water partition coefficient (Wildman–Crippen LogP) is 1.16. The maximum atomic E-state index is 11.8. The first-order chi connectivity index (χ1) is 7.76. The second-order valence-electron chi connectivity index (χ2n) is 4.52. The zero-order valence-corrected chi connectivity index (χ0v) is 11.0. The third-order valence-corrected chi connectivity index (χ3v) is 3.85. The number of imide groups is 1. The molecule has 6 heteroatoms. The number of hydrogen-bond donors (Lipinski definition) is 3. The van der Waals surface area contributed by atoms with Gasteiger partial charge in [-0.2, -0.15) is 0 Å². The van der Waals surface area contributed by atoms with Gasteiger partial charge >= 0.3 is 0 Å². The van der Waals surface area contributed by atoms with Crippen molar-refractivity contribution in [2.45, 2.75) is 19.3 Å². The fourth-order valence-electron chi connectivity index (χ4n) is 1.84. The standard InChI is InChI=1S/C11H12BrN3O2/c1-11(2)4-3-5(13)8(14)7(12)6(4)9(16)15-10(11)17/h3H,13-14H2,1-2H3,(H,15,16,17). The van der Waals surface area contributed by atoms with Gasteiger partial charge < -0.3 is 11.5 Å². The molecule has 0 spiro atoms. The first kappa shape index (κ1) is 11.9. The molecule has 0 bridgehead atoms. The number of rotatable bonds is 0. The summed E-state index contributed by atoms with van der Waals surface area (Å²) in [5.74, 6) is -0.797. The fourth-order valence-corrected chi connectivity index (χ4v) is 2.47. The van der Waals surface area contributed by atoms with E-state index in [1.54, 1.807) is 19.9 Å². The minimum atomic E-state index is -0.812. The Morgan fingerprint density at radius 1 is 1.29 bits per heavy atom. The molecule has 0 aliphatic carbocycles. The van der Waals surface area contributed by atoms with E-state index in [9.17, 15) is 9.59 Å². The highest BCUT2D eigenvalue weighted by atomic mass is 79.9. The van der Waals surface area contributed by atoms with E-state index in [1.807, 2.05) is 0 Å². The molecule has 0 unspecified atom stereocenters. The Kier molecular flexibility index (Phi) is 2.43. The van der Waals surface area contributed by atoms with Crippen LogP contribution in [0.3, 0.4) is 0 Å². The molecule has 0 saturated heterocycles. The summed E-state index contributed by atoms with van der Waals surface area (Å²) in [6.45, 7) is 3.46. The normalized spacial score (nSPS) is 17.6. The number of hydrogen-bond acceptors (Lipinski definition) is 4. The van der Waals surface area contributed by atoms with E-state index in [0.29, 0.717) is 27.0 Å². The lowest BCUT2D eigenvalue weighted by Crippen LogP contribution is -2.49. The van der Waals surface area contributed by atoms with E-state index in [0.717, 1.165) is 0 Å². The molecule has 1 heterocycles. The molecule has 1 aromatic rings. The summed E-state index contributed by atoms with van der Waals surface area (Å²) in [6, 6.07) is 1.59. The molecule has 90 valence electrons. The van der Waals surface area contributed by atoms with E-state index in [2.05, 4.69) is 21.2 Å². The van der Waals surface area contributed by atoms with Crippen molar-refractivity contribution in [3.05, 3.63) is 21.7 Å². The molecular formula is C11H12BrN3O2. The lowest BCUT2D eigenvalue weighted by molar-refractivity contribution is -0.125. The van der Waals surface area contributed by atoms with Crippen LogP contribution in [0.15, 0.2) is 10.5 Å². The van der Waals surface area contributed by atoms with E-state index in [1.165, 1.54) is 0 Å². The molecule has 0 atom stereocenters. The van der Waals surface area contributed by atoms with Gasteiger partial charge in [-0.3, -0.25) is 14.9 Å². The first-order valence-corrected chi connectivity index (χ1v) is 5.79. The number of fused-ring (bicyclic) bond motifs is 1. The Bertz CT molecular complexity index is 552. The number of halogens is 1. The van der Waals surface area contributed by atoms with Crippen LogP contribution >= 0.6 is 15.9 Å². The smallest absolute Gasteiger partial charge is 0.259 e. The quantitative estimate of drug-likeness (QED) is 0.494. The Hall–Kier alpha value is -1.56. The van der Waals surface area contributed by atoms with E-state index < -0.39 is 11.3 Å². The number of nitrogens with one attached hydrogen (secondary N) is 1. The van der Waals surface area contributed by atoms with Crippen LogP contribution < -0.4 is 16.8 Å². The van der Waals surface area contributed by atoms with E-state index >= 15 is 0 Å². The molecule has 0 radical (unpaired) electrons. The van der Waals surface area contributed by atoms with Gasteiger partial charge in [-0.15, -0.1) is 0 Å². The Labute approximate surface area is 107 Å². The van der Waals surface area contributed by atoms with Gasteiger partial charge in [-0.05, 0) is 41.4 Å². The molecule has 0 fully saturated rings. The van der Waals surface area contributed by atoms with Gasteiger partial charge in [0.15, 0.2) is 0 Å². The van der Waals surface area contributed by atoms with E-state index in [4.69, 9.17) is 11.5 Å². The predicted molar refractivity (Wildman–Crippen MR) is 68.5 cm³/mol. The largest absolute Gasteiger partial charge is 0.397 e. The van der Waals surface area contributed by atoms with Crippen molar-refractivity contribution in [1.82, 2.24) is 5.32 Å². The molecule has 0 aromatic heterocycles. The Balaban J connectivity index is 2.85. The first-order valence-electron chi connectivity index (χ1n) is 5.00. The van der Waals surface area contributed by atoms with Gasteiger partial charge in [0.2, 0.25) is 5.91 Å². The number of benzene rings is 1. The second-order valence-corrected chi connectivity index (χ2v) is 5.32. The number of nitrogens with two attached hydrogens (primary N) is 2. The van der Waals surface area contributed by atoms with Crippen LogP contribution in [0.2, 0.25) is 0 Å². The van der Waals surface area contributed by atoms with Gasteiger partial charge in [0, 0.05) is 0 Å². The monoisotopic (exact) mass is 297 g/mol. The third-order valence-electron chi connectivity index (χ3n) is 3.03. The van der Waals surface area contributed by atoms with Gasteiger partial charge in [0.1, 0.15) is 0 Å². The van der Waals surface area contributed by atoms with Crippen molar-refractivity contribution < 1.29 is 9.59 Å². The van der Waals surface area contributed by atoms with Crippen molar-refractivity contribution in [2.24, 2.45) is 0 Å². The van der Waals surface area contributed by atoms with Crippen LogP contribution in [0, 0.1) is 0 Å². The summed E-state index contributed by atoms with van der Waals surface area (Å²) >= 11 is 3.25. The fraction of sp³-hybridized carbons (Fsp3) is 0.273. The maximum absolute atomic E-state index is 11.8. The minimum absolute atomic E-state index is 0.309. The molecule has 17 heavy (non-hydrogen) atoms. The lowest BCUT2D eigenvalue weighted by atomic mass is 9.77. The molecule has 1 aliphatic heterocycles. The third kappa shape index (κ3) is 1.51. The molecular weight excluding hydrogens is 286 g/mol. The van der Waals surface area contributed by atoms with Crippen LogP contribution in [-0.4, -0.2) is 11.8 Å². The van der Waals surface area contributed by atoms with Gasteiger partial charge in [0.25, 0.3) is 5.91 Å². The highest BCUT2D eigenvalue weighted by Crippen LogP contribution is 2.40. The van der Waals surface area contributed by atoms with Gasteiger partial charge in [-0.1, -0.05) is 0 Å². The Morgan fingerprint density at radius 2 is 1.88 bits per heavy atom. The summed E-state index contributed by atoms with van der Waals surface area (Å²) in [6.07, 6.45) is 0. The molecule has 1 aromatic carbocycles. The van der Waals surface area contributed by atoms with Crippen molar-refractivity contribution in [2.75, 3.05) is 11.5 Å². The Morgan fingerprint density at radius 3 is 2.47 bits per heavy atom.